The predicted molar refractivity (Wildman–Crippen MR) is 232 cm³/mol. The number of fused-ring (bicyclic) bond motifs is 9. The van der Waals surface area contributed by atoms with Crippen molar-refractivity contribution >= 4 is 21.8 Å². The van der Waals surface area contributed by atoms with Gasteiger partial charge in [-0.3, -0.25) is 4.57 Å². The van der Waals surface area contributed by atoms with Crippen LogP contribution in [0.25, 0.3) is 72.5 Å². The molecule has 0 radical (unpaired) electrons. The standard InChI is InChI=1S/C52H47N3O/c1-29(2)33-16-13-17-34(30(3)4)49(33)55-43-19-12-11-18-41(43)54-50(55)32-20-22-37-36(28-32)45-38(51(37,5)6)23-24-39-47(45)48-40(52(39,7)8)25-26-42(53-48)46-35-15-10-9-14-31(35)21-27-44(46)56/h9-30,56H,1-8H3. The molecule has 0 bridgehead atoms. The second-order valence-corrected chi connectivity index (χ2v) is 17.5. The van der Waals surface area contributed by atoms with Gasteiger partial charge in [-0.05, 0) is 97.4 Å². The van der Waals surface area contributed by atoms with Gasteiger partial charge in [-0.15, -0.1) is 0 Å². The lowest BCUT2D eigenvalue weighted by Crippen LogP contribution is -2.17. The first-order valence-electron chi connectivity index (χ1n) is 20.0. The highest BCUT2D eigenvalue weighted by Crippen LogP contribution is 2.59. The van der Waals surface area contributed by atoms with Gasteiger partial charge in [-0.25, -0.2) is 9.97 Å². The molecule has 8 aromatic rings. The molecule has 0 unspecified atom stereocenters. The van der Waals surface area contributed by atoms with Crippen LogP contribution < -0.4 is 0 Å². The molecule has 0 aliphatic heterocycles. The van der Waals surface area contributed by atoms with Crippen molar-refractivity contribution in [1.29, 1.82) is 0 Å². The van der Waals surface area contributed by atoms with Crippen LogP contribution in [0.15, 0.2) is 121 Å². The second-order valence-electron chi connectivity index (χ2n) is 17.5. The SMILES string of the molecule is CC(C)c1cccc(C(C)C)c1-n1c(-c2ccc3c(c2)-c2c(ccc4c2-c2nc(-c5c(O)ccc6ccccc56)ccc2C4(C)C)C3(C)C)nc2ccccc21. The van der Waals surface area contributed by atoms with E-state index in [9.17, 15) is 5.11 Å². The predicted octanol–water partition coefficient (Wildman–Crippen LogP) is 13.5. The minimum absolute atomic E-state index is 0.216. The summed E-state index contributed by atoms with van der Waals surface area (Å²) in [6.45, 7) is 18.5. The fourth-order valence-corrected chi connectivity index (χ4v) is 9.93. The molecule has 1 N–H and O–H groups in total. The van der Waals surface area contributed by atoms with Gasteiger partial charge >= 0.3 is 0 Å². The minimum atomic E-state index is -0.252. The first kappa shape index (κ1) is 34.5. The Balaban J connectivity index is 1.24. The van der Waals surface area contributed by atoms with Crippen molar-refractivity contribution in [1.82, 2.24) is 14.5 Å². The second kappa shape index (κ2) is 12.0. The third-order valence-electron chi connectivity index (χ3n) is 12.9. The lowest BCUT2D eigenvalue weighted by Gasteiger charge is -2.24. The van der Waals surface area contributed by atoms with Crippen LogP contribution in [-0.4, -0.2) is 19.6 Å². The van der Waals surface area contributed by atoms with Crippen LogP contribution in [0, 0.1) is 0 Å². The molecular weight excluding hydrogens is 683 g/mol. The van der Waals surface area contributed by atoms with E-state index in [1.807, 2.05) is 18.2 Å². The molecule has 4 nitrogen and oxygen atoms in total. The molecule has 276 valence electrons. The number of para-hydroxylation sites is 3. The van der Waals surface area contributed by atoms with Gasteiger partial charge in [0, 0.05) is 27.5 Å². The molecule has 0 atom stereocenters. The zero-order valence-corrected chi connectivity index (χ0v) is 33.5. The first-order chi connectivity index (χ1) is 26.9. The number of benzene rings is 6. The molecule has 0 fully saturated rings. The number of phenolic OH excluding ortho intramolecular Hbond substituents is 1. The van der Waals surface area contributed by atoms with Crippen LogP contribution in [0.2, 0.25) is 0 Å². The molecule has 0 amide bonds. The lowest BCUT2D eigenvalue weighted by atomic mass is 9.79. The summed E-state index contributed by atoms with van der Waals surface area (Å²) in [7, 11) is 0. The Hall–Kier alpha value is -6.00. The van der Waals surface area contributed by atoms with E-state index in [0.717, 1.165) is 50.1 Å². The van der Waals surface area contributed by atoms with Crippen molar-refractivity contribution < 1.29 is 5.11 Å². The average molecular weight is 730 g/mol. The highest BCUT2D eigenvalue weighted by atomic mass is 16.3. The van der Waals surface area contributed by atoms with Crippen molar-refractivity contribution in [2.24, 2.45) is 0 Å². The van der Waals surface area contributed by atoms with E-state index in [4.69, 9.17) is 9.97 Å². The maximum Gasteiger partial charge on any atom is 0.145 e. The van der Waals surface area contributed by atoms with Gasteiger partial charge in [0.2, 0.25) is 0 Å². The zero-order valence-electron chi connectivity index (χ0n) is 33.5. The molecule has 2 aromatic heterocycles. The number of nitrogens with zero attached hydrogens (tertiary/aromatic N) is 3. The smallest absolute Gasteiger partial charge is 0.145 e. The largest absolute Gasteiger partial charge is 0.507 e. The van der Waals surface area contributed by atoms with Gasteiger partial charge in [-0.1, -0.05) is 146 Å². The average Bonchev–Trinajstić information content (AvgIpc) is 3.77. The Morgan fingerprint density at radius 3 is 1.96 bits per heavy atom. The van der Waals surface area contributed by atoms with E-state index in [1.165, 1.54) is 55.8 Å². The van der Waals surface area contributed by atoms with Gasteiger partial charge in [0.25, 0.3) is 0 Å². The fourth-order valence-electron chi connectivity index (χ4n) is 9.93. The quantitative estimate of drug-likeness (QED) is 0.192. The first-order valence-corrected chi connectivity index (χ1v) is 20.0. The summed E-state index contributed by atoms with van der Waals surface area (Å²) in [6.07, 6.45) is 0. The number of hydrogen-bond acceptors (Lipinski definition) is 3. The van der Waals surface area contributed by atoms with E-state index >= 15 is 0 Å². The van der Waals surface area contributed by atoms with Gasteiger partial charge in [0.15, 0.2) is 0 Å². The summed E-state index contributed by atoms with van der Waals surface area (Å²) in [6, 6.07) is 43.4. The number of rotatable bonds is 5. The van der Waals surface area contributed by atoms with Gasteiger partial charge in [0.05, 0.1) is 28.1 Å². The maximum atomic E-state index is 11.3. The van der Waals surface area contributed by atoms with Crippen molar-refractivity contribution in [3.05, 3.63) is 155 Å². The van der Waals surface area contributed by atoms with Crippen molar-refractivity contribution in [2.45, 2.75) is 78.1 Å². The van der Waals surface area contributed by atoms with E-state index in [2.05, 4.69) is 157 Å². The molecule has 4 heteroatoms. The zero-order chi connectivity index (χ0) is 38.8. The number of imidazole rings is 1. The van der Waals surface area contributed by atoms with E-state index in [-0.39, 0.29) is 16.6 Å². The van der Waals surface area contributed by atoms with Crippen LogP contribution in [0.4, 0.5) is 0 Å². The van der Waals surface area contributed by atoms with E-state index < -0.39 is 0 Å². The maximum absolute atomic E-state index is 11.3. The number of hydrogen-bond donors (Lipinski definition) is 1. The highest BCUT2D eigenvalue weighted by molar-refractivity contribution is 6.02. The van der Waals surface area contributed by atoms with Crippen molar-refractivity contribution in [2.75, 3.05) is 0 Å². The van der Waals surface area contributed by atoms with Crippen LogP contribution in [0.5, 0.6) is 5.75 Å². The molecule has 2 aliphatic carbocycles. The summed E-state index contributed by atoms with van der Waals surface area (Å²) in [5.41, 5.74) is 18.0. The summed E-state index contributed by atoms with van der Waals surface area (Å²) in [5.74, 6) is 1.87. The summed E-state index contributed by atoms with van der Waals surface area (Å²) in [5, 5.41) is 13.4. The van der Waals surface area contributed by atoms with E-state index in [1.54, 1.807) is 6.07 Å². The Labute approximate surface area is 329 Å². The molecule has 56 heavy (non-hydrogen) atoms. The van der Waals surface area contributed by atoms with E-state index in [0.29, 0.717) is 11.8 Å². The number of pyridine rings is 1. The van der Waals surface area contributed by atoms with Crippen LogP contribution in [-0.2, 0) is 10.8 Å². The lowest BCUT2D eigenvalue weighted by molar-refractivity contribution is 0.478. The highest BCUT2D eigenvalue weighted by Gasteiger charge is 2.44. The monoisotopic (exact) mass is 729 g/mol. The Morgan fingerprint density at radius 1 is 0.571 bits per heavy atom. The van der Waals surface area contributed by atoms with Crippen LogP contribution in [0.3, 0.4) is 0 Å². The van der Waals surface area contributed by atoms with Crippen molar-refractivity contribution in [3.8, 4) is 56.5 Å². The Bertz CT molecular complexity index is 2910. The van der Waals surface area contributed by atoms with Gasteiger partial charge in [-0.2, -0.15) is 0 Å². The summed E-state index contributed by atoms with van der Waals surface area (Å²) in [4.78, 5) is 10.9. The molecular formula is C52H47N3O. The van der Waals surface area contributed by atoms with Gasteiger partial charge in [0.1, 0.15) is 11.6 Å². The minimum Gasteiger partial charge on any atom is -0.507 e. The summed E-state index contributed by atoms with van der Waals surface area (Å²) >= 11 is 0. The van der Waals surface area contributed by atoms with Gasteiger partial charge < -0.3 is 5.11 Å². The number of aromatic nitrogens is 3. The molecule has 2 heterocycles. The molecule has 0 saturated heterocycles. The molecule has 6 aromatic carbocycles. The Morgan fingerprint density at radius 2 is 1.21 bits per heavy atom. The Kier molecular flexibility index (Phi) is 7.39. The third kappa shape index (κ3) is 4.71. The van der Waals surface area contributed by atoms with Crippen molar-refractivity contribution in [3.63, 3.8) is 0 Å². The molecule has 2 aliphatic rings. The topological polar surface area (TPSA) is 50.9 Å². The molecule has 0 spiro atoms. The van der Waals surface area contributed by atoms with Crippen LogP contribution in [0.1, 0.15) is 101 Å². The summed E-state index contributed by atoms with van der Waals surface area (Å²) < 4.78 is 2.43. The molecule has 10 rings (SSSR count). The number of phenols is 1. The number of aromatic hydroxyl groups is 1. The molecule has 0 saturated carbocycles. The third-order valence-corrected chi connectivity index (χ3v) is 12.9. The van der Waals surface area contributed by atoms with Crippen LogP contribution >= 0.6 is 0 Å². The normalized spacial score (nSPS) is 14.8. The fraction of sp³-hybridized carbons (Fsp3) is 0.231.